The van der Waals surface area contributed by atoms with Crippen molar-refractivity contribution < 1.29 is 4.79 Å². The maximum Gasteiger partial charge on any atom is 0.257 e. The number of amides is 1. The number of carbonyl (C=O) groups is 1. The third kappa shape index (κ3) is 8.06. The van der Waals surface area contributed by atoms with Gasteiger partial charge in [0.25, 0.3) is 5.91 Å². The van der Waals surface area contributed by atoms with Gasteiger partial charge in [0.2, 0.25) is 0 Å². The van der Waals surface area contributed by atoms with Crippen LogP contribution in [0.15, 0.2) is 83.6 Å². The Bertz CT molecular complexity index is 1150. The molecular weight excluding hydrogens is 412 g/mol. The Hall–Kier alpha value is -4.26. The van der Waals surface area contributed by atoms with Crippen LogP contribution in [0.5, 0.6) is 0 Å². The van der Waals surface area contributed by atoms with Crippen molar-refractivity contribution >= 4 is 35.0 Å². The van der Waals surface area contributed by atoms with Crippen LogP contribution in [-0.4, -0.2) is 22.9 Å². The minimum atomic E-state index is -0.140. The lowest BCUT2D eigenvalue weighted by molar-refractivity contribution is 0.102. The average molecular weight is 443 g/mol. The van der Waals surface area contributed by atoms with Crippen LogP contribution >= 0.6 is 0 Å². The summed E-state index contributed by atoms with van der Waals surface area (Å²) in [6.45, 7) is 5.96. The molecule has 0 bridgehead atoms. The third-order valence-electron chi connectivity index (χ3n) is 4.59. The van der Waals surface area contributed by atoms with Crippen LogP contribution < -0.4 is 16.8 Å². The Morgan fingerprint density at radius 1 is 1.18 bits per heavy atom. The SMILES string of the molecule is CC/C=C(/C)C(N)=Nc1ccc(N)c(C=N)c1.Cc1cccc(NC(=O)c2cccnc2)c1. The fraction of sp³-hybridized carbons (Fsp3) is 0.154. The fourth-order valence-electron chi connectivity index (χ4n) is 2.82. The van der Waals surface area contributed by atoms with Gasteiger partial charge in [-0.1, -0.05) is 25.1 Å². The number of aromatic nitrogens is 1. The highest BCUT2D eigenvalue weighted by Gasteiger charge is 2.05. The van der Waals surface area contributed by atoms with E-state index >= 15 is 0 Å². The number of allylic oxidation sites excluding steroid dienone is 1. The van der Waals surface area contributed by atoms with Crippen molar-refractivity contribution in [1.82, 2.24) is 4.98 Å². The molecule has 0 saturated carbocycles. The van der Waals surface area contributed by atoms with Gasteiger partial charge in [-0.25, -0.2) is 4.99 Å². The average Bonchev–Trinajstić information content (AvgIpc) is 2.81. The van der Waals surface area contributed by atoms with Gasteiger partial charge in [-0.05, 0) is 73.9 Å². The zero-order chi connectivity index (χ0) is 24.2. The van der Waals surface area contributed by atoms with Crippen LogP contribution in [-0.2, 0) is 0 Å². The molecule has 6 N–H and O–H groups in total. The Labute approximate surface area is 194 Å². The molecule has 0 unspecified atom stereocenters. The number of nitrogens with one attached hydrogen (secondary N) is 2. The first-order valence-corrected chi connectivity index (χ1v) is 10.5. The van der Waals surface area contributed by atoms with E-state index in [1.165, 1.54) is 6.21 Å². The number of carbonyl (C=O) groups excluding carboxylic acids is 1. The first kappa shape index (κ1) is 25.0. The Kier molecular flexibility index (Phi) is 9.52. The van der Waals surface area contributed by atoms with E-state index in [4.69, 9.17) is 16.9 Å². The molecule has 2 aromatic carbocycles. The topological polar surface area (TPSA) is 130 Å². The van der Waals surface area contributed by atoms with Gasteiger partial charge >= 0.3 is 0 Å². The van der Waals surface area contributed by atoms with E-state index in [-0.39, 0.29) is 5.91 Å². The number of nitrogens with two attached hydrogens (primary N) is 2. The van der Waals surface area contributed by atoms with Gasteiger partial charge in [-0.15, -0.1) is 0 Å². The molecule has 0 aliphatic carbocycles. The molecule has 0 spiro atoms. The largest absolute Gasteiger partial charge is 0.398 e. The first-order chi connectivity index (χ1) is 15.8. The van der Waals surface area contributed by atoms with E-state index < -0.39 is 0 Å². The predicted octanol–water partition coefficient (Wildman–Crippen LogP) is 5.25. The van der Waals surface area contributed by atoms with Gasteiger partial charge in [0, 0.05) is 35.5 Å². The Balaban J connectivity index is 0.000000234. The van der Waals surface area contributed by atoms with Crippen molar-refractivity contribution in [3.05, 3.63) is 95.3 Å². The van der Waals surface area contributed by atoms with Crippen LogP contribution in [0.2, 0.25) is 0 Å². The monoisotopic (exact) mass is 442 g/mol. The lowest BCUT2D eigenvalue weighted by atomic mass is 10.1. The number of benzene rings is 2. The number of hydrogen-bond acceptors (Lipinski definition) is 5. The number of aryl methyl sites for hydroxylation is 1. The van der Waals surface area contributed by atoms with Gasteiger partial charge in [0.05, 0.1) is 11.3 Å². The van der Waals surface area contributed by atoms with Crippen molar-refractivity contribution in [2.24, 2.45) is 10.7 Å². The molecule has 0 aliphatic heterocycles. The summed E-state index contributed by atoms with van der Waals surface area (Å²) in [5.41, 5.74) is 16.9. The molecule has 1 amide bonds. The van der Waals surface area contributed by atoms with E-state index in [2.05, 4.69) is 15.3 Å². The second-order valence-electron chi connectivity index (χ2n) is 7.32. The summed E-state index contributed by atoms with van der Waals surface area (Å²) in [5, 5.41) is 10.0. The number of nitrogens with zero attached hydrogens (tertiary/aromatic N) is 2. The molecule has 3 aromatic rings. The Morgan fingerprint density at radius 2 is 1.97 bits per heavy atom. The second kappa shape index (κ2) is 12.6. The third-order valence-corrected chi connectivity index (χ3v) is 4.59. The molecule has 3 rings (SSSR count). The maximum atomic E-state index is 11.8. The quantitative estimate of drug-likeness (QED) is 0.236. The smallest absolute Gasteiger partial charge is 0.257 e. The maximum absolute atomic E-state index is 11.8. The molecule has 170 valence electrons. The highest BCUT2D eigenvalue weighted by Crippen LogP contribution is 2.19. The van der Waals surface area contributed by atoms with Crippen LogP contribution in [0.3, 0.4) is 0 Å². The zero-order valence-electron chi connectivity index (χ0n) is 19.2. The summed E-state index contributed by atoms with van der Waals surface area (Å²) in [5.74, 6) is 0.353. The standard InChI is InChI=1S/C13H18N4.C13H12N2O/c1-3-4-9(2)13(16)17-11-5-6-12(15)10(7-11)8-14;1-10-4-2-6-12(8-10)15-13(16)11-5-3-7-14-9-11/h4-8,14H,3,15H2,1-2H3,(H2,16,17);2-9H,1H3,(H,15,16)/b9-4-,14-8?;. The summed E-state index contributed by atoms with van der Waals surface area (Å²) in [6, 6.07) is 16.4. The molecular formula is C26H30N6O. The number of hydrogen-bond donors (Lipinski definition) is 4. The summed E-state index contributed by atoms with van der Waals surface area (Å²) in [4.78, 5) is 20.0. The number of nitrogen functional groups attached to an aromatic ring is 1. The predicted molar refractivity (Wildman–Crippen MR) is 137 cm³/mol. The van der Waals surface area contributed by atoms with Crippen molar-refractivity contribution in [2.75, 3.05) is 11.1 Å². The zero-order valence-corrected chi connectivity index (χ0v) is 19.2. The lowest BCUT2D eigenvalue weighted by Crippen LogP contribution is -2.12. The van der Waals surface area contributed by atoms with Crippen molar-refractivity contribution in [2.45, 2.75) is 27.2 Å². The van der Waals surface area contributed by atoms with Crippen molar-refractivity contribution in [3.63, 3.8) is 0 Å². The van der Waals surface area contributed by atoms with Gasteiger partial charge in [-0.3, -0.25) is 9.78 Å². The van der Waals surface area contributed by atoms with E-state index in [0.717, 1.165) is 23.2 Å². The van der Waals surface area contributed by atoms with Crippen molar-refractivity contribution in [1.29, 1.82) is 5.41 Å². The van der Waals surface area contributed by atoms with Crippen LogP contribution in [0.1, 0.15) is 41.8 Å². The minimum Gasteiger partial charge on any atom is -0.398 e. The number of anilines is 2. The van der Waals surface area contributed by atoms with Crippen LogP contribution in [0.25, 0.3) is 0 Å². The number of aliphatic imine (C=N–C) groups is 1. The first-order valence-electron chi connectivity index (χ1n) is 10.5. The summed E-state index contributed by atoms with van der Waals surface area (Å²) < 4.78 is 0. The molecule has 0 radical (unpaired) electrons. The highest BCUT2D eigenvalue weighted by atomic mass is 16.1. The fourth-order valence-corrected chi connectivity index (χ4v) is 2.82. The molecule has 0 fully saturated rings. The summed E-state index contributed by atoms with van der Waals surface area (Å²) in [6.07, 6.45) is 7.34. The Morgan fingerprint density at radius 3 is 2.61 bits per heavy atom. The van der Waals surface area contributed by atoms with E-state index in [1.54, 1.807) is 42.7 Å². The van der Waals surface area contributed by atoms with Crippen LogP contribution in [0.4, 0.5) is 17.1 Å². The number of rotatable bonds is 6. The highest BCUT2D eigenvalue weighted by molar-refractivity contribution is 6.04. The molecule has 0 saturated heterocycles. The minimum absolute atomic E-state index is 0.140. The van der Waals surface area contributed by atoms with E-state index in [0.29, 0.717) is 28.3 Å². The molecule has 0 atom stereocenters. The summed E-state index contributed by atoms with van der Waals surface area (Å²) >= 11 is 0. The van der Waals surface area contributed by atoms with Crippen molar-refractivity contribution in [3.8, 4) is 0 Å². The molecule has 1 heterocycles. The number of amidine groups is 1. The van der Waals surface area contributed by atoms with E-state index in [1.807, 2.05) is 51.1 Å². The molecule has 7 nitrogen and oxygen atoms in total. The molecule has 1 aromatic heterocycles. The van der Waals surface area contributed by atoms with Gasteiger partial charge in [0.15, 0.2) is 0 Å². The number of pyridine rings is 1. The van der Waals surface area contributed by atoms with Gasteiger partial charge in [-0.2, -0.15) is 0 Å². The summed E-state index contributed by atoms with van der Waals surface area (Å²) in [7, 11) is 0. The molecule has 7 heteroatoms. The van der Waals surface area contributed by atoms with E-state index in [9.17, 15) is 4.79 Å². The lowest BCUT2D eigenvalue weighted by Gasteiger charge is -2.05. The van der Waals surface area contributed by atoms with Crippen LogP contribution in [0, 0.1) is 12.3 Å². The van der Waals surface area contributed by atoms with Gasteiger partial charge < -0.3 is 22.2 Å². The second-order valence-corrected chi connectivity index (χ2v) is 7.32. The molecule has 0 aliphatic rings. The van der Waals surface area contributed by atoms with Gasteiger partial charge in [0.1, 0.15) is 5.84 Å². The normalized spacial score (nSPS) is 11.2. The molecule has 33 heavy (non-hydrogen) atoms.